The molecule has 0 radical (unpaired) electrons. The predicted molar refractivity (Wildman–Crippen MR) is 50.3 cm³/mol. The van der Waals surface area contributed by atoms with Crippen LogP contribution in [-0.2, 0) is 0 Å². The van der Waals surface area contributed by atoms with Gasteiger partial charge in [0.1, 0.15) is 5.82 Å². The Morgan fingerprint density at radius 1 is 1.54 bits per heavy atom. The number of H-pyrrole nitrogens is 1. The van der Waals surface area contributed by atoms with Crippen molar-refractivity contribution in [1.29, 1.82) is 0 Å². The molecular weight excluding hydrogens is 168 g/mol. The molecule has 0 saturated heterocycles. The molecule has 2 rings (SSSR count). The third kappa shape index (κ3) is 1.26. The highest BCUT2D eigenvalue weighted by Crippen LogP contribution is 2.17. The number of hydrogen-bond acceptors (Lipinski definition) is 5. The lowest BCUT2D eigenvalue weighted by molar-refractivity contribution is 1.09. The molecule has 0 bridgehead atoms. The number of rotatable bonds is 2. The fourth-order valence-electron chi connectivity index (χ4n) is 1.15. The highest BCUT2D eigenvalue weighted by molar-refractivity contribution is 5.86. The van der Waals surface area contributed by atoms with Crippen LogP contribution in [0.1, 0.15) is 6.92 Å². The Balaban J connectivity index is 2.63. The molecule has 0 aromatic carbocycles. The lowest BCUT2D eigenvalue weighted by atomic mass is 10.4. The molecule has 0 aliphatic carbocycles. The van der Waals surface area contributed by atoms with E-state index in [-0.39, 0.29) is 5.95 Å². The van der Waals surface area contributed by atoms with Crippen molar-refractivity contribution >= 4 is 22.8 Å². The molecule has 0 aliphatic heterocycles. The number of anilines is 2. The number of nitrogens with one attached hydrogen (secondary N) is 2. The normalized spacial score (nSPS) is 10.5. The first-order chi connectivity index (χ1) is 6.31. The SMILES string of the molecule is CCNc1nc(N)nc2[nH]ncc12. The van der Waals surface area contributed by atoms with Crippen molar-refractivity contribution in [1.82, 2.24) is 20.2 Å². The van der Waals surface area contributed by atoms with E-state index in [4.69, 9.17) is 5.73 Å². The summed E-state index contributed by atoms with van der Waals surface area (Å²) in [6, 6.07) is 0. The summed E-state index contributed by atoms with van der Waals surface area (Å²) in [5.74, 6) is 0.964. The Kier molecular flexibility index (Phi) is 1.73. The van der Waals surface area contributed by atoms with E-state index in [1.54, 1.807) is 6.20 Å². The Morgan fingerprint density at radius 3 is 3.15 bits per heavy atom. The molecule has 6 nitrogen and oxygen atoms in total. The van der Waals surface area contributed by atoms with Crippen LogP contribution < -0.4 is 11.1 Å². The van der Waals surface area contributed by atoms with Crippen LogP contribution in [0.2, 0.25) is 0 Å². The van der Waals surface area contributed by atoms with Crippen molar-refractivity contribution in [2.45, 2.75) is 6.92 Å². The Hall–Kier alpha value is -1.85. The fraction of sp³-hybridized carbons (Fsp3) is 0.286. The fourth-order valence-corrected chi connectivity index (χ4v) is 1.15. The van der Waals surface area contributed by atoms with Gasteiger partial charge in [0.2, 0.25) is 5.95 Å². The van der Waals surface area contributed by atoms with Crippen LogP contribution in [0.4, 0.5) is 11.8 Å². The van der Waals surface area contributed by atoms with Crippen molar-refractivity contribution in [2.75, 3.05) is 17.6 Å². The smallest absolute Gasteiger partial charge is 0.224 e. The number of aromatic amines is 1. The van der Waals surface area contributed by atoms with E-state index >= 15 is 0 Å². The van der Waals surface area contributed by atoms with Crippen molar-refractivity contribution in [3.8, 4) is 0 Å². The first-order valence-electron chi connectivity index (χ1n) is 4.01. The van der Waals surface area contributed by atoms with Gasteiger partial charge in [0.25, 0.3) is 0 Å². The van der Waals surface area contributed by atoms with Crippen LogP contribution in [0.15, 0.2) is 6.20 Å². The van der Waals surface area contributed by atoms with Gasteiger partial charge < -0.3 is 11.1 Å². The number of nitrogen functional groups attached to an aromatic ring is 1. The summed E-state index contributed by atoms with van der Waals surface area (Å²) in [5, 5.41) is 10.5. The maximum absolute atomic E-state index is 5.50. The highest BCUT2D eigenvalue weighted by atomic mass is 15.2. The number of fused-ring (bicyclic) bond motifs is 1. The first kappa shape index (κ1) is 7.78. The third-order valence-electron chi connectivity index (χ3n) is 1.67. The Labute approximate surface area is 74.6 Å². The molecule has 13 heavy (non-hydrogen) atoms. The minimum Gasteiger partial charge on any atom is -0.370 e. The van der Waals surface area contributed by atoms with Gasteiger partial charge in [-0.05, 0) is 6.92 Å². The van der Waals surface area contributed by atoms with E-state index in [0.717, 1.165) is 17.7 Å². The monoisotopic (exact) mass is 178 g/mol. The maximum Gasteiger partial charge on any atom is 0.224 e. The van der Waals surface area contributed by atoms with E-state index < -0.39 is 0 Å². The number of nitrogens with zero attached hydrogens (tertiary/aromatic N) is 3. The maximum atomic E-state index is 5.50. The molecule has 2 aromatic heterocycles. The van der Waals surface area contributed by atoms with E-state index in [9.17, 15) is 0 Å². The second-order valence-electron chi connectivity index (χ2n) is 2.59. The van der Waals surface area contributed by atoms with Crippen molar-refractivity contribution < 1.29 is 0 Å². The van der Waals surface area contributed by atoms with Crippen LogP contribution in [-0.4, -0.2) is 26.7 Å². The summed E-state index contributed by atoms with van der Waals surface area (Å²) in [6.07, 6.45) is 1.67. The topological polar surface area (TPSA) is 92.5 Å². The lowest BCUT2D eigenvalue weighted by Gasteiger charge is -2.02. The van der Waals surface area contributed by atoms with Crippen LogP contribution >= 0.6 is 0 Å². The quantitative estimate of drug-likeness (QED) is 0.617. The van der Waals surface area contributed by atoms with Crippen LogP contribution in [0.25, 0.3) is 11.0 Å². The highest BCUT2D eigenvalue weighted by Gasteiger charge is 2.05. The van der Waals surface area contributed by atoms with Crippen molar-refractivity contribution in [3.05, 3.63) is 6.20 Å². The Bertz CT molecular complexity index is 420. The second-order valence-corrected chi connectivity index (χ2v) is 2.59. The van der Waals surface area contributed by atoms with Gasteiger partial charge in [-0.15, -0.1) is 0 Å². The molecular formula is C7H10N6. The van der Waals surface area contributed by atoms with E-state index in [1.165, 1.54) is 0 Å². The average Bonchev–Trinajstić information content (AvgIpc) is 2.52. The number of nitrogens with two attached hydrogens (primary N) is 1. The van der Waals surface area contributed by atoms with Gasteiger partial charge in [-0.3, -0.25) is 5.10 Å². The molecule has 4 N–H and O–H groups in total. The summed E-state index contributed by atoms with van der Waals surface area (Å²) in [5.41, 5.74) is 6.16. The Morgan fingerprint density at radius 2 is 2.38 bits per heavy atom. The van der Waals surface area contributed by atoms with E-state index in [2.05, 4.69) is 25.5 Å². The largest absolute Gasteiger partial charge is 0.370 e. The third-order valence-corrected chi connectivity index (χ3v) is 1.67. The zero-order chi connectivity index (χ0) is 9.26. The average molecular weight is 178 g/mol. The minimum atomic E-state index is 0.243. The summed E-state index contributed by atoms with van der Waals surface area (Å²) in [4.78, 5) is 8.05. The predicted octanol–water partition coefficient (Wildman–Crippen LogP) is 0.367. The van der Waals surface area contributed by atoms with Gasteiger partial charge >= 0.3 is 0 Å². The van der Waals surface area contributed by atoms with Crippen LogP contribution in [0, 0.1) is 0 Å². The van der Waals surface area contributed by atoms with Gasteiger partial charge in [-0.2, -0.15) is 15.1 Å². The van der Waals surface area contributed by atoms with Gasteiger partial charge in [-0.1, -0.05) is 0 Å². The van der Waals surface area contributed by atoms with Gasteiger partial charge in [-0.25, -0.2) is 0 Å². The van der Waals surface area contributed by atoms with Crippen LogP contribution in [0.3, 0.4) is 0 Å². The van der Waals surface area contributed by atoms with E-state index in [1.807, 2.05) is 6.92 Å². The first-order valence-corrected chi connectivity index (χ1v) is 4.01. The summed E-state index contributed by atoms with van der Waals surface area (Å²) in [7, 11) is 0. The van der Waals surface area contributed by atoms with Crippen LogP contribution in [0.5, 0.6) is 0 Å². The van der Waals surface area contributed by atoms with E-state index in [0.29, 0.717) is 5.65 Å². The summed E-state index contributed by atoms with van der Waals surface area (Å²) in [6.45, 7) is 2.78. The van der Waals surface area contributed by atoms with Gasteiger partial charge in [0, 0.05) is 6.54 Å². The molecule has 2 aromatic rings. The molecule has 0 amide bonds. The standard InChI is InChI=1S/C7H10N6/c1-2-9-5-4-3-10-13-6(4)12-7(8)11-5/h3H,2H2,1H3,(H4,8,9,10,11,12,13). The molecule has 0 saturated carbocycles. The zero-order valence-corrected chi connectivity index (χ0v) is 7.20. The van der Waals surface area contributed by atoms with Gasteiger partial charge in [0.15, 0.2) is 5.65 Å². The van der Waals surface area contributed by atoms with Crippen molar-refractivity contribution in [2.24, 2.45) is 0 Å². The molecule has 0 aliphatic rings. The lowest BCUT2D eigenvalue weighted by Crippen LogP contribution is -2.03. The molecule has 6 heteroatoms. The molecule has 0 spiro atoms. The summed E-state index contributed by atoms with van der Waals surface area (Å²) < 4.78 is 0. The van der Waals surface area contributed by atoms with Gasteiger partial charge in [0.05, 0.1) is 11.6 Å². The molecule has 0 atom stereocenters. The number of hydrogen-bond donors (Lipinski definition) is 3. The van der Waals surface area contributed by atoms with Crippen molar-refractivity contribution in [3.63, 3.8) is 0 Å². The minimum absolute atomic E-state index is 0.243. The number of aromatic nitrogens is 4. The second kappa shape index (κ2) is 2.89. The summed E-state index contributed by atoms with van der Waals surface area (Å²) >= 11 is 0. The zero-order valence-electron chi connectivity index (χ0n) is 7.20. The molecule has 68 valence electrons. The molecule has 2 heterocycles. The molecule has 0 unspecified atom stereocenters. The molecule has 0 fully saturated rings.